The molecule has 0 unspecified atom stereocenters. The first-order valence-corrected chi connectivity index (χ1v) is 9.84. The second-order valence-corrected chi connectivity index (χ2v) is 7.89. The van der Waals surface area contributed by atoms with Crippen molar-refractivity contribution in [1.82, 2.24) is 5.32 Å². The second-order valence-electron chi connectivity index (χ2n) is 6.31. The van der Waals surface area contributed by atoms with E-state index in [1.54, 1.807) is 36.0 Å². The molecule has 1 aliphatic rings. The van der Waals surface area contributed by atoms with Crippen molar-refractivity contribution in [2.75, 3.05) is 0 Å². The molecule has 0 aliphatic carbocycles. The van der Waals surface area contributed by atoms with Crippen molar-refractivity contribution < 1.29 is 4.79 Å². The normalized spacial score (nSPS) is 15.6. The van der Waals surface area contributed by atoms with Crippen LogP contribution in [0, 0.1) is 6.92 Å². The van der Waals surface area contributed by atoms with Crippen molar-refractivity contribution in [2.45, 2.75) is 17.2 Å². The van der Waals surface area contributed by atoms with Crippen LogP contribution in [0.15, 0.2) is 82.7 Å². The Hall–Kier alpha value is -2.56. The van der Waals surface area contributed by atoms with E-state index in [0.29, 0.717) is 10.6 Å². The average Bonchev–Trinajstić information content (AvgIpc) is 2.68. The number of hydrogen-bond acceptors (Lipinski definition) is 3. The molecule has 0 bridgehead atoms. The number of fused-ring (bicyclic) bond motifs is 1. The van der Waals surface area contributed by atoms with Crippen molar-refractivity contribution in [3.63, 3.8) is 0 Å². The number of para-hydroxylation sites is 1. The lowest BCUT2D eigenvalue weighted by Gasteiger charge is -2.25. The number of aryl methyl sites for hydroxylation is 1. The number of nitrogens with one attached hydrogen (secondary N) is 1. The highest BCUT2D eigenvalue weighted by atomic mass is 35.5. The minimum atomic E-state index is -0.272. The molecule has 3 aromatic rings. The van der Waals surface area contributed by atoms with Crippen LogP contribution >= 0.6 is 23.4 Å². The van der Waals surface area contributed by atoms with Gasteiger partial charge in [0.15, 0.2) is 0 Å². The molecular weight excluding hydrogens is 376 g/mol. The summed E-state index contributed by atoms with van der Waals surface area (Å²) >= 11 is 7.53. The smallest absolute Gasteiger partial charge is 0.252 e. The third kappa shape index (κ3) is 3.92. The van der Waals surface area contributed by atoms with E-state index in [9.17, 15) is 4.79 Å². The van der Waals surface area contributed by atoms with Crippen LogP contribution in [-0.2, 0) is 0 Å². The highest BCUT2D eigenvalue weighted by Gasteiger charge is 2.27. The predicted octanol–water partition coefficient (Wildman–Crippen LogP) is 5.63. The SMILES string of the molecule is Cc1ccc(C2=Nc3ccccc3S[C@H]2NC(=O)c2ccc(Cl)cc2)cc1. The van der Waals surface area contributed by atoms with E-state index in [2.05, 4.69) is 24.4 Å². The van der Waals surface area contributed by atoms with Gasteiger partial charge in [0.05, 0.1) is 11.4 Å². The number of aliphatic imine (C=N–C) groups is 1. The third-order valence-corrected chi connectivity index (χ3v) is 5.74. The van der Waals surface area contributed by atoms with Crippen LogP contribution in [-0.4, -0.2) is 17.0 Å². The summed E-state index contributed by atoms with van der Waals surface area (Å²) in [5.41, 5.74) is 4.53. The molecule has 0 saturated carbocycles. The molecule has 0 fully saturated rings. The van der Waals surface area contributed by atoms with Crippen LogP contribution in [0.4, 0.5) is 5.69 Å². The third-order valence-electron chi connectivity index (χ3n) is 4.32. The van der Waals surface area contributed by atoms with Crippen LogP contribution in [0.1, 0.15) is 21.5 Å². The number of halogens is 1. The van der Waals surface area contributed by atoms with E-state index >= 15 is 0 Å². The zero-order valence-electron chi connectivity index (χ0n) is 14.6. The molecule has 0 saturated heterocycles. The Morgan fingerprint density at radius 1 is 1.00 bits per heavy atom. The van der Waals surface area contributed by atoms with Crippen molar-refractivity contribution in [3.05, 3.63) is 94.5 Å². The van der Waals surface area contributed by atoms with E-state index < -0.39 is 0 Å². The van der Waals surface area contributed by atoms with E-state index in [0.717, 1.165) is 21.9 Å². The van der Waals surface area contributed by atoms with Crippen LogP contribution in [0.5, 0.6) is 0 Å². The summed E-state index contributed by atoms with van der Waals surface area (Å²) in [5, 5.41) is 3.44. The zero-order valence-corrected chi connectivity index (χ0v) is 16.2. The molecule has 0 aromatic heterocycles. The van der Waals surface area contributed by atoms with Gasteiger partial charge in [-0.15, -0.1) is 0 Å². The van der Waals surface area contributed by atoms with Gasteiger partial charge in [-0.1, -0.05) is 65.3 Å². The zero-order chi connectivity index (χ0) is 18.8. The van der Waals surface area contributed by atoms with Crippen molar-refractivity contribution in [1.29, 1.82) is 0 Å². The summed E-state index contributed by atoms with van der Waals surface area (Å²) in [6.07, 6.45) is 0. The van der Waals surface area contributed by atoms with Gasteiger partial charge >= 0.3 is 0 Å². The Kier molecular flexibility index (Phi) is 5.01. The van der Waals surface area contributed by atoms with E-state index in [-0.39, 0.29) is 11.3 Å². The number of hydrogen-bond donors (Lipinski definition) is 1. The summed E-state index contributed by atoms with van der Waals surface area (Å²) in [6.45, 7) is 2.05. The topological polar surface area (TPSA) is 41.5 Å². The number of carbonyl (C=O) groups excluding carboxylic acids is 1. The van der Waals surface area contributed by atoms with Gasteiger partial charge in [-0.25, -0.2) is 4.99 Å². The maximum atomic E-state index is 12.7. The van der Waals surface area contributed by atoms with Crippen LogP contribution in [0.3, 0.4) is 0 Å². The molecule has 1 amide bonds. The lowest BCUT2D eigenvalue weighted by molar-refractivity contribution is 0.0956. The first kappa shape index (κ1) is 17.8. The molecule has 134 valence electrons. The monoisotopic (exact) mass is 392 g/mol. The minimum absolute atomic E-state index is 0.150. The molecule has 27 heavy (non-hydrogen) atoms. The summed E-state index contributed by atoms with van der Waals surface area (Å²) in [6, 6.07) is 23.1. The molecule has 3 nitrogen and oxygen atoms in total. The minimum Gasteiger partial charge on any atom is -0.334 e. The Morgan fingerprint density at radius 3 is 2.44 bits per heavy atom. The lowest BCUT2D eigenvalue weighted by atomic mass is 10.1. The largest absolute Gasteiger partial charge is 0.334 e. The number of rotatable bonds is 3. The van der Waals surface area contributed by atoms with E-state index in [1.807, 2.05) is 36.4 Å². The molecule has 0 radical (unpaired) electrons. The highest BCUT2D eigenvalue weighted by Crippen LogP contribution is 2.38. The van der Waals surface area contributed by atoms with Gasteiger partial charge in [0.1, 0.15) is 5.37 Å². The maximum absolute atomic E-state index is 12.7. The number of amides is 1. The molecule has 5 heteroatoms. The standard InChI is InChI=1S/C22H17ClN2OS/c1-14-6-8-15(9-7-14)20-22(27-19-5-3-2-4-18(19)24-20)25-21(26)16-10-12-17(23)13-11-16/h2-13,22H,1H3,(H,25,26)/t22-/m1/s1. The highest BCUT2D eigenvalue weighted by molar-refractivity contribution is 8.00. The van der Waals surface area contributed by atoms with Crippen LogP contribution < -0.4 is 5.32 Å². The molecule has 4 rings (SSSR count). The molecule has 1 atom stereocenters. The van der Waals surface area contributed by atoms with Crippen LogP contribution in [0.2, 0.25) is 5.02 Å². The molecule has 1 aliphatic heterocycles. The van der Waals surface area contributed by atoms with Gasteiger partial charge in [0.25, 0.3) is 5.91 Å². The Labute approximate surface area is 167 Å². The molecule has 1 N–H and O–H groups in total. The van der Waals surface area contributed by atoms with E-state index in [1.165, 1.54) is 5.56 Å². The van der Waals surface area contributed by atoms with E-state index in [4.69, 9.17) is 16.6 Å². The van der Waals surface area contributed by atoms with Crippen LogP contribution in [0.25, 0.3) is 0 Å². The van der Waals surface area contributed by atoms with Gasteiger partial charge in [0.2, 0.25) is 0 Å². The number of nitrogens with zero attached hydrogens (tertiary/aromatic N) is 1. The fourth-order valence-corrected chi connectivity index (χ4v) is 4.10. The quantitative estimate of drug-likeness (QED) is 0.627. The fraction of sp³-hybridized carbons (Fsp3) is 0.0909. The van der Waals surface area contributed by atoms with Gasteiger partial charge in [-0.05, 0) is 48.9 Å². The average molecular weight is 393 g/mol. The molecule has 3 aromatic carbocycles. The lowest BCUT2D eigenvalue weighted by Crippen LogP contribution is -2.39. The summed E-state index contributed by atoms with van der Waals surface area (Å²) in [4.78, 5) is 18.6. The number of thioether (sulfide) groups is 1. The number of benzene rings is 3. The maximum Gasteiger partial charge on any atom is 0.252 e. The Morgan fingerprint density at radius 2 is 1.70 bits per heavy atom. The first-order valence-electron chi connectivity index (χ1n) is 8.58. The number of carbonyl (C=O) groups is 1. The molecule has 1 heterocycles. The molecular formula is C22H17ClN2OS. The van der Waals surface area contributed by atoms with Gasteiger partial charge in [-0.2, -0.15) is 0 Å². The van der Waals surface area contributed by atoms with Crippen molar-refractivity contribution in [3.8, 4) is 0 Å². The Bertz CT molecular complexity index is 1010. The first-order chi connectivity index (χ1) is 13.1. The molecule has 0 spiro atoms. The van der Waals surface area contributed by atoms with Crippen molar-refractivity contribution in [2.24, 2.45) is 4.99 Å². The fourth-order valence-electron chi connectivity index (χ4n) is 2.86. The summed E-state index contributed by atoms with van der Waals surface area (Å²) in [5.74, 6) is -0.150. The second kappa shape index (κ2) is 7.59. The summed E-state index contributed by atoms with van der Waals surface area (Å²) in [7, 11) is 0. The van der Waals surface area contributed by atoms with Gasteiger partial charge < -0.3 is 5.32 Å². The predicted molar refractivity (Wildman–Crippen MR) is 112 cm³/mol. The summed E-state index contributed by atoms with van der Waals surface area (Å²) < 4.78 is 0. The Balaban J connectivity index is 1.68. The van der Waals surface area contributed by atoms with Gasteiger partial charge in [0, 0.05) is 15.5 Å². The van der Waals surface area contributed by atoms with Crippen molar-refractivity contribution >= 4 is 40.7 Å². The van der Waals surface area contributed by atoms with Gasteiger partial charge in [-0.3, -0.25) is 4.79 Å².